The van der Waals surface area contributed by atoms with Crippen LogP contribution >= 0.6 is 0 Å². The van der Waals surface area contributed by atoms with E-state index >= 15 is 0 Å². The van der Waals surface area contributed by atoms with Gasteiger partial charge in [0.05, 0.1) is 5.69 Å². The third kappa shape index (κ3) is 3.34. The summed E-state index contributed by atoms with van der Waals surface area (Å²) >= 11 is 0. The van der Waals surface area contributed by atoms with Crippen LogP contribution in [0, 0.1) is 26.6 Å². The number of rotatable bonds is 3. The Kier molecular flexibility index (Phi) is 3.89. The quantitative estimate of drug-likeness (QED) is 0.822. The molecule has 0 aliphatic carbocycles. The Morgan fingerprint density at radius 3 is 2.11 bits per heavy atom. The van der Waals surface area contributed by atoms with E-state index < -0.39 is 0 Å². The highest BCUT2D eigenvalue weighted by Crippen LogP contribution is 2.23. The molecule has 2 aromatic carbocycles. The van der Waals surface area contributed by atoms with Crippen molar-refractivity contribution in [3.05, 3.63) is 64.5 Å². The van der Waals surface area contributed by atoms with Gasteiger partial charge in [-0.3, -0.25) is 0 Å². The highest BCUT2D eigenvalue weighted by Gasteiger charge is 2.09. The van der Waals surface area contributed by atoms with E-state index in [1.807, 2.05) is 19.9 Å². The normalized spacial score (nSPS) is 12.3. The Morgan fingerprint density at radius 2 is 1.53 bits per heavy atom. The zero-order chi connectivity index (χ0) is 14.0. The molecule has 0 aliphatic heterocycles. The molecule has 100 valence electrons. The molecule has 1 atom stereocenters. The van der Waals surface area contributed by atoms with E-state index in [2.05, 4.69) is 37.4 Å². The van der Waals surface area contributed by atoms with Gasteiger partial charge in [0.2, 0.25) is 0 Å². The van der Waals surface area contributed by atoms with Gasteiger partial charge in [-0.1, -0.05) is 35.4 Å². The maximum absolute atomic E-state index is 13.8. The van der Waals surface area contributed by atoms with Crippen molar-refractivity contribution in [1.29, 1.82) is 0 Å². The monoisotopic (exact) mass is 257 g/mol. The van der Waals surface area contributed by atoms with E-state index in [1.54, 1.807) is 12.1 Å². The Hall–Kier alpha value is -1.83. The van der Waals surface area contributed by atoms with Crippen molar-refractivity contribution in [3.8, 4) is 0 Å². The number of benzene rings is 2. The van der Waals surface area contributed by atoms with E-state index in [0.29, 0.717) is 5.69 Å². The third-order valence-electron chi connectivity index (χ3n) is 3.24. The molecule has 0 spiro atoms. The van der Waals surface area contributed by atoms with Crippen LogP contribution in [0.25, 0.3) is 0 Å². The molecule has 0 radical (unpaired) electrons. The van der Waals surface area contributed by atoms with E-state index in [9.17, 15) is 4.39 Å². The van der Waals surface area contributed by atoms with Gasteiger partial charge in [-0.2, -0.15) is 0 Å². The Bertz CT molecular complexity index is 570. The van der Waals surface area contributed by atoms with Crippen molar-refractivity contribution in [2.24, 2.45) is 0 Å². The summed E-state index contributed by atoms with van der Waals surface area (Å²) in [6, 6.07) is 11.8. The second-order valence-electron chi connectivity index (χ2n) is 5.27. The molecule has 19 heavy (non-hydrogen) atoms. The lowest BCUT2D eigenvalue weighted by molar-refractivity contribution is 0.626. The van der Waals surface area contributed by atoms with Crippen LogP contribution in [0.2, 0.25) is 0 Å². The summed E-state index contributed by atoms with van der Waals surface area (Å²) < 4.78 is 13.8. The summed E-state index contributed by atoms with van der Waals surface area (Å²) in [7, 11) is 0. The van der Waals surface area contributed by atoms with Gasteiger partial charge >= 0.3 is 0 Å². The van der Waals surface area contributed by atoms with Gasteiger partial charge in [-0.25, -0.2) is 4.39 Å². The van der Waals surface area contributed by atoms with Crippen molar-refractivity contribution in [2.75, 3.05) is 5.32 Å². The summed E-state index contributed by atoms with van der Waals surface area (Å²) in [6.45, 7) is 8.10. The maximum atomic E-state index is 13.8. The van der Waals surface area contributed by atoms with Gasteiger partial charge in [0.25, 0.3) is 0 Å². The van der Waals surface area contributed by atoms with Gasteiger partial charge in [-0.05, 0) is 51.0 Å². The minimum absolute atomic E-state index is 0.0795. The van der Waals surface area contributed by atoms with Gasteiger partial charge in [0, 0.05) is 6.04 Å². The summed E-state index contributed by atoms with van der Waals surface area (Å²) in [4.78, 5) is 0. The molecule has 1 N–H and O–H groups in total. The van der Waals surface area contributed by atoms with Crippen LogP contribution in [0.5, 0.6) is 0 Å². The Balaban J connectivity index is 2.22. The molecule has 0 aromatic heterocycles. The van der Waals surface area contributed by atoms with Crippen LogP contribution < -0.4 is 5.32 Å². The molecular formula is C17H20FN. The predicted molar refractivity (Wildman–Crippen MR) is 79.1 cm³/mol. The molecule has 0 fully saturated rings. The number of nitrogens with one attached hydrogen (secondary N) is 1. The van der Waals surface area contributed by atoms with Crippen molar-refractivity contribution in [3.63, 3.8) is 0 Å². The molecule has 0 bridgehead atoms. The molecule has 0 amide bonds. The SMILES string of the molecule is Cc1cc(C)cc(C(C)Nc2ccc(C)cc2F)c1. The van der Waals surface area contributed by atoms with Crippen LogP contribution in [0.1, 0.15) is 35.2 Å². The molecule has 0 aliphatic rings. The Labute approximate surface area is 114 Å². The van der Waals surface area contributed by atoms with Crippen molar-refractivity contribution < 1.29 is 4.39 Å². The third-order valence-corrected chi connectivity index (χ3v) is 3.24. The second kappa shape index (κ2) is 5.43. The first-order valence-corrected chi connectivity index (χ1v) is 6.56. The first kappa shape index (κ1) is 13.6. The number of aryl methyl sites for hydroxylation is 3. The molecule has 1 unspecified atom stereocenters. The van der Waals surface area contributed by atoms with E-state index in [1.165, 1.54) is 16.7 Å². The largest absolute Gasteiger partial charge is 0.376 e. The molecule has 1 nitrogen and oxygen atoms in total. The average molecular weight is 257 g/mol. The molecular weight excluding hydrogens is 237 g/mol. The van der Waals surface area contributed by atoms with Crippen LogP contribution in [0.15, 0.2) is 36.4 Å². The summed E-state index contributed by atoms with van der Waals surface area (Å²) in [5.41, 5.74) is 5.12. The van der Waals surface area contributed by atoms with Gasteiger partial charge in [-0.15, -0.1) is 0 Å². The van der Waals surface area contributed by atoms with Crippen molar-refractivity contribution >= 4 is 5.69 Å². The lowest BCUT2D eigenvalue weighted by Crippen LogP contribution is -2.08. The van der Waals surface area contributed by atoms with Crippen LogP contribution in [0.3, 0.4) is 0 Å². The summed E-state index contributed by atoms with van der Waals surface area (Å²) in [5, 5.41) is 3.23. The standard InChI is InChI=1S/C17H20FN/c1-11-5-6-17(16(18)10-11)19-14(4)15-8-12(2)7-13(3)9-15/h5-10,14,19H,1-4H3. The van der Waals surface area contributed by atoms with Crippen LogP contribution in [0.4, 0.5) is 10.1 Å². The summed E-state index contributed by atoms with van der Waals surface area (Å²) in [6.07, 6.45) is 0. The minimum atomic E-state index is -0.198. The van der Waals surface area contributed by atoms with E-state index in [4.69, 9.17) is 0 Å². The number of hydrogen-bond acceptors (Lipinski definition) is 1. The highest BCUT2D eigenvalue weighted by atomic mass is 19.1. The first-order chi connectivity index (χ1) is 8.95. The van der Waals surface area contributed by atoms with Gasteiger partial charge in [0.1, 0.15) is 5.82 Å². The van der Waals surface area contributed by atoms with Crippen molar-refractivity contribution in [1.82, 2.24) is 0 Å². The number of anilines is 1. The zero-order valence-corrected chi connectivity index (χ0v) is 11.9. The van der Waals surface area contributed by atoms with Crippen LogP contribution in [-0.2, 0) is 0 Å². The fourth-order valence-electron chi connectivity index (χ4n) is 2.31. The fourth-order valence-corrected chi connectivity index (χ4v) is 2.31. The molecule has 0 saturated heterocycles. The molecule has 0 saturated carbocycles. The molecule has 2 heteroatoms. The van der Waals surface area contributed by atoms with Gasteiger partial charge < -0.3 is 5.32 Å². The number of hydrogen-bond donors (Lipinski definition) is 1. The maximum Gasteiger partial charge on any atom is 0.146 e. The second-order valence-corrected chi connectivity index (χ2v) is 5.27. The molecule has 0 heterocycles. The molecule has 2 aromatic rings. The lowest BCUT2D eigenvalue weighted by atomic mass is 10.0. The van der Waals surface area contributed by atoms with Crippen molar-refractivity contribution in [2.45, 2.75) is 33.7 Å². The number of halogens is 1. The minimum Gasteiger partial charge on any atom is -0.376 e. The Morgan fingerprint density at radius 1 is 0.895 bits per heavy atom. The lowest BCUT2D eigenvalue weighted by Gasteiger charge is -2.17. The predicted octanol–water partition coefficient (Wildman–Crippen LogP) is 4.92. The fraction of sp³-hybridized carbons (Fsp3) is 0.294. The van der Waals surface area contributed by atoms with E-state index in [-0.39, 0.29) is 11.9 Å². The zero-order valence-electron chi connectivity index (χ0n) is 11.9. The smallest absolute Gasteiger partial charge is 0.146 e. The summed E-state index contributed by atoms with van der Waals surface area (Å²) in [5.74, 6) is -0.198. The highest BCUT2D eigenvalue weighted by molar-refractivity contribution is 5.48. The molecule has 2 rings (SSSR count). The average Bonchev–Trinajstić information content (AvgIpc) is 2.31. The first-order valence-electron chi connectivity index (χ1n) is 6.56. The van der Waals surface area contributed by atoms with Gasteiger partial charge in [0.15, 0.2) is 0 Å². The van der Waals surface area contributed by atoms with Crippen LogP contribution in [-0.4, -0.2) is 0 Å². The topological polar surface area (TPSA) is 12.0 Å². The van der Waals surface area contributed by atoms with E-state index in [0.717, 1.165) is 5.56 Å².